The number of ether oxygens (including phenoxy) is 1. The SMILES string of the molecule is Cc1c2c(c(C)c([C@H](OC(C)(C)C)C(=O)O)c1-c1ccc(Cl)cc1)CN(C(=O)CC(C)(C)C)C2. The lowest BCUT2D eigenvalue weighted by Crippen LogP contribution is -2.29. The molecule has 0 unspecified atom stereocenters. The van der Waals surface area contributed by atoms with Gasteiger partial charge in [-0.2, -0.15) is 0 Å². The maximum Gasteiger partial charge on any atom is 0.337 e. The molecule has 0 spiro atoms. The van der Waals surface area contributed by atoms with Gasteiger partial charge in [0.2, 0.25) is 5.91 Å². The molecule has 0 aromatic heterocycles. The maximum absolute atomic E-state index is 13.1. The van der Waals surface area contributed by atoms with Crippen LogP contribution >= 0.6 is 11.6 Å². The highest BCUT2D eigenvalue weighted by Crippen LogP contribution is 2.44. The van der Waals surface area contributed by atoms with E-state index in [1.807, 2.05) is 63.8 Å². The van der Waals surface area contributed by atoms with Gasteiger partial charge >= 0.3 is 5.97 Å². The van der Waals surface area contributed by atoms with E-state index in [9.17, 15) is 14.7 Å². The summed E-state index contributed by atoms with van der Waals surface area (Å²) in [6.45, 7) is 16.7. The second-order valence-electron chi connectivity index (χ2n) is 11.4. The summed E-state index contributed by atoms with van der Waals surface area (Å²) in [6.07, 6.45) is -0.685. The van der Waals surface area contributed by atoms with Crippen molar-refractivity contribution in [1.29, 1.82) is 0 Å². The van der Waals surface area contributed by atoms with Crippen LogP contribution in [0, 0.1) is 19.3 Å². The van der Waals surface area contributed by atoms with Crippen LogP contribution in [0.25, 0.3) is 11.1 Å². The number of carbonyl (C=O) groups excluding carboxylic acids is 1. The average Bonchev–Trinajstić information content (AvgIpc) is 3.14. The molecule has 1 N–H and O–H groups in total. The Labute approximate surface area is 208 Å². The summed E-state index contributed by atoms with van der Waals surface area (Å²) >= 11 is 6.15. The van der Waals surface area contributed by atoms with Gasteiger partial charge in [0.1, 0.15) is 0 Å². The third kappa shape index (κ3) is 5.64. The van der Waals surface area contributed by atoms with Gasteiger partial charge in [-0.1, -0.05) is 44.5 Å². The largest absolute Gasteiger partial charge is 0.479 e. The van der Waals surface area contributed by atoms with Gasteiger partial charge in [0, 0.05) is 30.1 Å². The molecular formula is C28H36ClNO4. The molecule has 0 radical (unpaired) electrons. The Bertz CT molecular complexity index is 1110. The standard InChI is InChI=1S/C28H36ClNO4/c1-16-20-14-30(22(31)13-27(3,4)5)15-21(20)17(2)24(25(26(32)33)34-28(6,7)8)23(16)18-9-11-19(29)12-10-18/h9-12,25H,13-15H2,1-8H3,(H,32,33)/t25-/m0/s1. The highest BCUT2D eigenvalue weighted by Gasteiger charge is 2.36. The van der Waals surface area contributed by atoms with Gasteiger partial charge in [-0.05, 0) is 85.5 Å². The van der Waals surface area contributed by atoms with E-state index in [1.165, 1.54) is 0 Å². The summed E-state index contributed by atoms with van der Waals surface area (Å²) in [6, 6.07) is 7.44. The van der Waals surface area contributed by atoms with Crippen LogP contribution in [-0.4, -0.2) is 27.5 Å². The molecule has 1 aliphatic heterocycles. The van der Waals surface area contributed by atoms with Crippen LogP contribution in [0.4, 0.5) is 0 Å². The predicted octanol–water partition coefficient (Wildman–Crippen LogP) is 6.84. The number of carbonyl (C=O) groups is 2. The molecule has 0 bridgehead atoms. The van der Waals surface area contributed by atoms with E-state index in [1.54, 1.807) is 0 Å². The van der Waals surface area contributed by atoms with Crippen molar-refractivity contribution in [2.24, 2.45) is 5.41 Å². The Morgan fingerprint density at radius 3 is 2.00 bits per heavy atom. The summed E-state index contributed by atoms with van der Waals surface area (Å²) in [4.78, 5) is 27.4. The van der Waals surface area contributed by atoms with E-state index < -0.39 is 17.7 Å². The maximum atomic E-state index is 13.1. The van der Waals surface area contributed by atoms with Crippen LogP contribution in [0.3, 0.4) is 0 Å². The van der Waals surface area contributed by atoms with Crippen molar-refractivity contribution in [2.75, 3.05) is 0 Å². The average molecular weight is 486 g/mol. The fourth-order valence-corrected chi connectivity index (χ4v) is 4.79. The molecule has 0 saturated carbocycles. The molecule has 184 valence electrons. The molecule has 0 aliphatic carbocycles. The monoisotopic (exact) mass is 485 g/mol. The number of hydrogen-bond donors (Lipinski definition) is 1. The van der Waals surface area contributed by atoms with E-state index in [0.29, 0.717) is 30.1 Å². The zero-order valence-corrected chi connectivity index (χ0v) is 22.3. The molecule has 2 aromatic rings. The molecule has 1 atom stereocenters. The van der Waals surface area contributed by atoms with Gasteiger partial charge in [0.05, 0.1) is 5.60 Å². The fraction of sp³-hybridized carbons (Fsp3) is 0.500. The van der Waals surface area contributed by atoms with Crippen molar-refractivity contribution < 1.29 is 19.4 Å². The van der Waals surface area contributed by atoms with Crippen molar-refractivity contribution >= 4 is 23.5 Å². The number of benzene rings is 2. The lowest BCUT2D eigenvalue weighted by atomic mass is 9.83. The molecule has 2 aromatic carbocycles. The molecule has 1 aliphatic rings. The number of hydrogen-bond acceptors (Lipinski definition) is 3. The Kier molecular flexibility index (Phi) is 7.22. The van der Waals surface area contributed by atoms with Crippen LogP contribution in [0.15, 0.2) is 24.3 Å². The number of aliphatic carboxylic acids is 1. The van der Waals surface area contributed by atoms with Crippen LogP contribution in [0.2, 0.25) is 5.02 Å². The number of amides is 1. The van der Waals surface area contributed by atoms with E-state index >= 15 is 0 Å². The van der Waals surface area contributed by atoms with Gasteiger partial charge in [-0.25, -0.2) is 4.79 Å². The van der Waals surface area contributed by atoms with Crippen molar-refractivity contribution in [1.82, 2.24) is 4.90 Å². The summed E-state index contributed by atoms with van der Waals surface area (Å²) < 4.78 is 6.10. The lowest BCUT2D eigenvalue weighted by Gasteiger charge is -2.29. The van der Waals surface area contributed by atoms with Crippen LogP contribution < -0.4 is 0 Å². The van der Waals surface area contributed by atoms with E-state index in [2.05, 4.69) is 20.8 Å². The summed E-state index contributed by atoms with van der Waals surface area (Å²) in [5.74, 6) is -0.927. The molecule has 0 fully saturated rings. The van der Waals surface area contributed by atoms with E-state index in [4.69, 9.17) is 16.3 Å². The topological polar surface area (TPSA) is 66.8 Å². The summed E-state index contributed by atoms with van der Waals surface area (Å²) in [7, 11) is 0. The summed E-state index contributed by atoms with van der Waals surface area (Å²) in [5.41, 5.74) is 5.57. The van der Waals surface area contributed by atoms with Gasteiger partial charge < -0.3 is 14.7 Å². The molecule has 1 amide bonds. The van der Waals surface area contributed by atoms with Gasteiger partial charge in [0.15, 0.2) is 6.10 Å². The first-order valence-electron chi connectivity index (χ1n) is 11.7. The first kappa shape index (κ1) is 26.2. The predicted molar refractivity (Wildman–Crippen MR) is 136 cm³/mol. The molecule has 6 heteroatoms. The lowest BCUT2D eigenvalue weighted by molar-refractivity contribution is -0.160. The number of nitrogens with zero attached hydrogens (tertiary/aromatic N) is 1. The Balaban J connectivity index is 2.23. The number of carboxylic acid groups (broad SMARTS) is 1. The Morgan fingerprint density at radius 2 is 1.53 bits per heavy atom. The quantitative estimate of drug-likeness (QED) is 0.503. The number of halogens is 1. The van der Waals surface area contributed by atoms with Crippen LogP contribution in [-0.2, 0) is 27.4 Å². The fourth-order valence-electron chi connectivity index (χ4n) is 4.67. The minimum atomic E-state index is -1.14. The van der Waals surface area contributed by atoms with Crippen LogP contribution in [0.5, 0.6) is 0 Å². The molecule has 0 saturated heterocycles. The van der Waals surface area contributed by atoms with Gasteiger partial charge in [-0.3, -0.25) is 4.79 Å². The van der Waals surface area contributed by atoms with Crippen molar-refractivity contribution in [2.45, 2.75) is 86.6 Å². The number of rotatable bonds is 5. The van der Waals surface area contributed by atoms with Gasteiger partial charge in [0.25, 0.3) is 0 Å². The second kappa shape index (κ2) is 9.35. The molecule has 3 rings (SSSR count). The second-order valence-corrected chi connectivity index (χ2v) is 11.9. The Hall–Kier alpha value is -2.37. The highest BCUT2D eigenvalue weighted by atomic mass is 35.5. The minimum absolute atomic E-state index is 0.107. The Morgan fingerprint density at radius 1 is 1.00 bits per heavy atom. The highest BCUT2D eigenvalue weighted by molar-refractivity contribution is 6.30. The van der Waals surface area contributed by atoms with E-state index in [-0.39, 0.29) is 11.3 Å². The first-order valence-corrected chi connectivity index (χ1v) is 12.1. The van der Waals surface area contributed by atoms with Crippen molar-refractivity contribution in [3.05, 3.63) is 57.1 Å². The molecule has 5 nitrogen and oxygen atoms in total. The normalized spacial score (nSPS) is 14.8. The minimum Gasteiger partial charge on any atom is -0.479 e. The van der Waals surface area contributed by atoms with Crippen molar-refractivity contribution in [3.63, 3.8) is 0 Å². The van der Waals surface area contributed by atoms with Crippen molar-refractivity contribution in [3.8, 4) is 11.1 Å². The number of fused-ring (bicyclic) bond motifs is 1. The molecule has 34 heavy (non-hydrogen) atoms. The van der Waals surface area contributed by atoms with Gasteiger partial charge in [-0.15, -0.1) is 0 Å². The zero-order valence-electron chi connectivity index (χ0n) is 21.5. The third-order valence-corrected chi connectivity index (χ3v) is 6.39. The molecule has 1 heterocycles. The summed E-state index contributed by atoms with van der Waals surface area (Å²) in [5, 5.41) is 10.8. The smallest absolute Gasteiger partial charge is 0.337 e. The first-order chi connectivity index (χ1) is 15.6. The van der Waals surface area contributed by atoms with E-state index in [0.717, 1.165) is 33.4 Å². The molecular weight excluding hydrogens is 450 g/mol. The van der Waals surface area contributed by atoms with Crippen LogP contribution in [0.1, 0.15) is 81.9 Å². The number of carboxylic acids is 1. The zero-order chi connectivity index (χ0) is 25.6. The third-order valence-electron chi connectivity index (χ3n) is 6.14.